The lowest BCUT2D eigenvalue weighted by molar-refractivity contribution is -0.870. The minimum atomic E-state index is -4.65. The average molecular weight is 1100 g/mol. The Hall–Kier alpha value is -4.11. The first kappa shape index (κ1) is 73.9. The zero-order chi connectivity index (χ0) is 57.0. The van der Waals surface area contributed by atoms with E-state index in [9.17, 15) is 19.0 Å². The van der Waals surface area contributed by atoms with Crippen LogP contribution in [-0.2, 0) is 32.7 Å². The van der Waals surface area contributed by atoms with Crippen molar-refractivity contribution in [2.24, 2.45) is 0 Å². The number of hydrogen-bond acceptors (Lipinski definition) is 8. The maximum absolute atomic E-state index is 12.8. The van der Waals surface area contributed by atoms with E-state index in [-0.39, 0.29) is 26.1 Å². The Morgan fingerprint density at radius 1 is 0.410 bits per heavy atom. The van der Waals surface area contributed by atoms with Crippen LogP contribution < -0.4 is 4.89 Å². The molecule has 10 heteroatoms. The van der Waals surface area contributed by atoms with E-state index in [4.69, 9.17) is 18.5 Å². The number of unbranched alkanes of at least 4 members (excludes halogenated alkanes) is 16. The van der Waals surface area contributed by atoms with E-state index in [2.05, 4.69) is 160 Å². The van der Waals surface area contributed by atoms with Gasteiger partial charge in [0.2, 0.25) is 0 Å². The van der Waals surface area contributed by atoms with Crippen LogP contribution in [0.1, 0.15) is 219 Å². The van der Waals surface area contributed by atoms with Crippen LogP contribution in [-0.4, -0.2) is 70.0 Å². The van der Waals surface area contributed by atoms with E-state index in [1.165, 1.54) is 44.9 Å². The van der Waals surface area contributed by atoms with Crippen molar-refractivity contribution >= 4 is 19.8 Å². The van der Waals surface area contributed by atoms with Crippen LogP contribution in [0, 0.1) is 0 Å². The van der Waals surface area contributed by atoms with E-state index < -0.39 is 32.5 Å². The topological polar surface area (TPSA) is 111 Å². The first-order valence-corrected chi connectivity index (χ1v) is 32.0. The van der Waals surface area contributed by atoms with Crippen LogP contribution >= 0.6 is 7.82 Å². The summed E-state index contributed by atoms with van der Waals surface area (Å²) >= 11 is 0. The number of hydrogen-bond donors (Lipinski definition) is 0. The number of esters is 2. The lowest BCUT2D eigenvalue weighted by Gasteiger charge is -2.28. The molecular weight excluding hydrogens is 990 g/mol. The number of carbonyl (C=O) groups excluding carboxylic acids is 2. The van der Waals surface area contributed by atoms with E-state index in [0.717, 1.165) is 135 Å². The molecule has 0 aliphatic rings. The largest absolute Gasteiger partial charge is 0.756 e. The van der Waals surface area contributed by atoms with E-state index >= 15 is 0 Å². The highest BCUT2D eigenvalue weighted by Gasteiger charge is 2.21. The second-order valence-electron chi connectivity index (χ2n) is 21.0. The van der Waals surface area contributed by atoms with E-state index in [1.54, 1.807) is 0 Å². The molecule has 0 saturated carbocycles. The van der Waals surface area contributed by atoms with Crippen LogP contribution in [0.4, 0.5) is 0 Å². The molecule has 0 fully saturated rings. The molecule has 0 spiro atoms. The highest BCUT2D eigenvalue weighted by Crippen LogP contribution is 2.38. The van der Waals surface area contributed by atoms with Crippen molar-refractivity contribution in [2.75, 3.05) is 47.5 Å². The molecule has 2 atom stereocenters. The molecule has 0 saturated heterocycles. The fourth-order valence-electron chi connectivity index (χ4n) is 7.65. The van der Waals surface area contributed by atoms with Crippen LogP contribution in [0.15, 0.2) is 146 Å². The molecule has 0 aromatic heterocycles. The van der Waals surface area contributed by atoms with Gasteiger partial charge < -0.3 is 27.9 Å². The molecule has 0 aliphatic heterocycles. The quantitative estimate of drug-likeness (QED) is 0.0195. The van der Waals surface area contributed by atoms with Crippen molar-refractivity contribution in [1.82, 2.24) is 0 Å². The Labute approximate surface area is 478 Å². The third-order valence-corrected chi connectivity index (χ3v) is 13.3. The van der Waals surface area contributed by atoms with E-state index in [0.29, 0.717) is 23.9 Å². The molecule has 0 aromatic rings. The van der Waals surface area contributed by atoms with Gasteiger partial charge in [-0.25, -0.2) is 0 Å². The number of ether oxygens (including phenoxy) is 2. The lowest BCUT2D eigenvalue weighted by atomic mass is 10.1. The molecule has 0 amide bonds. The van der Waals surface area contributed by atoms with Gasteiger partial charge >= 0.3 is 11.9 Å². The molecule has 0 aromatic carbocycles. The summed E-state index contributed by atoms with van der Waals surface area (Å²) in [6, 6.07) is 0. The highest BCUT2D eigenvalue weighted by molar-refractivity contribution is 7.45. The van der Waals surface area contributed by atoms with Crippen molar-refractivity contribution in [2.45, 2.75) is 225 Å². The lowest BCUT2D eigenvalue weighted by Crippen LogP contribution is -2.37. The summed E-state index contributed by atoms with van der Waals surface area (Å²) in [6.07, 6.45) is 84.7. The standard InChI is InChI=1S/C68H112NO8P/c1-6-8-10-12-14-16-18-20-22-24-25-26-27-28-29-30-31-32-33-34-35-36-37-38-39-40-41-42-43-45-47-49-51-53-55-57-59-61-68(71)77-66(65-76-78(72,73)75-63-62-69(3,4)5)64-74-67(70)60-58-56-54-52-50-48-46-44-23-21-19-17-15-13-11-9-7-2/h8,10,14-17,20-23,25-26,28-29,31-32,34-35,37-38,40-41,43,45,66H,6-7,9,11-13,18-19,24,27,30,33,36,39,42,44,46-65H2,1-5H3/b10-8-,16-14-,17-15-,22-20-,23-21-,26-25-,29-28-,32-31-,35-34-,38-37-,41-40-,45-43-. The minimum Gasteiger partial charge on any atom is -0.756 e. The Kier molecular flexibility index (Phi) is 54.5. The van der Waals surface area contributed by atoms with Crippen molar-refractivity contribution in [3.63, 3.8) is 0 Å². The van der Waals surface area contributed by atoms with E-state index in [1.807, 2.05) is 21.1 Å². The molecule has 0 bridgehead atoms. The Balaban J connectivity index is 4.20. The number of carbonyl (C=O) groups is 2. The Morgan fingerprint density at radius 3 is 1.09 bits per heavy atom. The van der Waals surface area contributed by atoms with Gasteiger partial charge in [-0.1, -0.05) is 230 Å². The van der Waals surface area contributed by atoms with Gasteiger partial charge in [0.05, 0.1) is 27.7 Å². The fourth-order valence-corrected chi connectivity index (χ4v) is 8.38. The molecule has 0 heterocycles. The number of allylic oxidation sites excluding steroid dienone is 24. The molecule has 2 unspecified atom stereocenters. The number of nitrogens with zero attached hydrogens (tertiary/aromatic N) is 1. The van der Waals surface area contributed by atoms with Gasteiger partial charge in [-0.2, -0.15) is 0 Å². The molecule has 0 N–H and O–H groups in total. The smallest absolute Gasteiger partial charge is 0.306 e. The maximum Gasteiger partial charge on any atom is 0.306 e. The molecule has 0 rings (SSSR count). The zero-order valence-electron chi connectivity index (χ0n) is 50.1. The highest BCUT2D eigenvalue weighted by atomic mass is 31.2. The average Bonchev–Trinajstić information content (AvgIpc) is 3.41. The zero-order valence-corrected chi connectivity index (χ0v) is 50.9. The number of rotatable bonds is 54. The van der Waals surface area contributed by atoms with Gasteiger partial charge in [0.25, 0.3) is 7.82 Å². The second-order valence-corrected chi connectivity index (χ2v) is 22.4. The van der Waals surface area contributed by atoms with Gasteiger partial charge in [-0.3, -0.25) is 14.2 Å². The SMILES string of the molecule is CC/C=C\C/C=C\C/C=C\C/C=C\C/C=C\C/C=C\C/C=C\C/C=C\C/C=C\C/C=C\CCCCCCCCC(=O)OC(COC(=O)CCCCCCCCC/C=C\C/C=C\CCCCC)COP(=O)([O-])OCC[N+](C)(C)C. The van der Waals surface area contributed by atoms with Crippen LogP contribution in [0.25, 0.3) is 0 Å². The third kappa shape index (κ3) is 61.1. The van der Waals surface area contributed by atoms with Gasteiger partial charge in [0, 0.05) is 12.8 Å². The summed E-state index contributed by atoms with van der Waals surface area (Å²) in [5.74, 6) is -0.869. The summed E-state index contributed by atoms with van der Waals surface area (Å²) in [5, 5.41) is 0. The molecular formula is C68H112NO8P. The van der Waals surface area contributed by atoms with Crippen LogP contribution in [0.3, 0.4) is 0 Å². The first-order chi connectivity index (χ1) is 38.0. The Morgan fingerprint density at radius 2 is 0.731 bits per heavy atom. The third-order valence-electron chi connectivity index (χ3n) is 12.3. The summed E-state index contributed by atoms with van der Waals surface area (Å²) < 4.78 is 34.1. The predicted molar refractivity (Wildman–Crippen MR) is 332 cm³/mol. The van der Waals surface area contributed by atoms with Crippen molar-refractivity contribution in [3.8, 4) is 0 Å². The molecule has 442 valence electrons. The summed E-state index contributed by atoms with van der Waals surface area (Å²) in [5.41, 5.74) is 0. The molecule has 78 heavy (non-hydrogen) atoms. The normalized spacial score (nSPS) is 14.3. The second kappa shape index (κ2) is 57.6. The van der Waals surface area contributed by atoms with Crippen LogP contribution in [0.2, 0.25) is 0 Å². The van der Waals surface area contributed by atoms with Gasteiger partial charge in [-0.05, 0) is 122 Å². The Bertz CT molecular complexity index is 1820. The summed E-state index contributed by atoms with van der Waals surface area (Å²) in [4.78, 5) is 37.9. The monoisotopic (exact) mass is 1100 g/mol. The molecule has 0 radical (unpaired) electrons. The number of quaternary nitrogens is 1. The number of phosphoric acid groups is 1. The van der Waals surface area contributed by atoms with Gasteiger partial charge in [0.1, 0.15) is 19.8 Å². The van der Waals surface area contributed by atoms with Crippen molar-refractivity contribution in [1.29, 1.82) is 0 Å². The van der Waals surface area contributed by atoms with Crippen molar-refractivity contribution in [3.05, 3.63) is 146 Å². The number of likely N-dealkylation sites (N-methyl/N-ethyl adjacent to an activating group) is 1. The minimum absolute atomic E-state index is 0.0431. The fraction of sp³-hybridized carbons (Fsp3) is 0.618. The summed E-state index contributed by atoms with van der Waals surface area (Å²) in [6.45, 7) is 4.05. The van der Waals surface area contributed by atoms with Gasteiger partial charge in [-0.15, -0.1) is 0 Å². The first-order valence-electron chi connectivity index (χ1n) is 30.5. The predicted octanol–water partition coefficient (Wildman–Crippen LogP) is 18.8. The molecule has 9 nitrogen and oxygen atoms in total. The van der Waals surface area contributed by atoms with Crippen LogP contribution in [0.5, 0.6) is 0 Å². The van der Waals surface area contributed by atoms with Crippen molar-refractivity contribution < 1.29 is 42.1 Å². The maximum atomic E-state index is 12.8. The van der Waals surface area contributed by atoms with Gasteiger partial charge in [0.15, 0.2) is 6.10 Å². The summed E-state index contributed by atoms with van der Waals surface area (Å²) in [7, 11) is 1.13. The molecule has 0 aliphatic carbocycles. The number of phosphoric ester groups is 1.